The standard InChI is InChI=1S/C12H15ClFNO3S/c13-11-5-10(14)2-1-9(11)6-15-7-12(16)3-4-19(17,18)8-12/h1-2,5,15-16H,3-4,6-8H2. The first kappa shape index (κ1) is 14.7. The number of halogens is 2. The molecular weight excluding hydrogens is 293 g/mol. The van der Waals surface area contributed by atoms with Crippen molar-refractivity contribution in [2.24, 2.45) is 0 Å². The predicted molar refractivity (Wildman–Crippen MR) is 71.3 cm³/mol. The molecule has 0 saturated carbocycles. The number of hydrogen-bond donors (Lipinski definition) is 2. The molecule has 0 radical (unpaired) electrons. The topological polar surface area (TPSA) is 66.4 Å². The lowest BCUT2D eigenvalue weighted by atomic mass is 10.0. The molecule has 0 amide bonds. The Hall–Kier alpha value is -0.690. The van der Waals surface area contributed by atoms with Crippen molar-refractivity contribution in [3.8, 4) is 0 Å². The van der Waals surface area contributed by atoms with E-state index in [1.807, 2.05) is 0 Å². The van der Waals surface area contributed by atoms with Gasteiger partial charge in [0.25, 0.3) is 0 Å². The van der Waals surface area contributed by atoms with E-state index in [0.717, 1.165) is 0 Å². The lowest BCUT2D eigenvalue weighted by Gasteiger charge is -2.21. The van der Waals surface area contributed by atoms with Crippen LogP contribution in [0.15, 0.2) is 18.2 Å². The van der Waals surface area contributed by atoms with Gasteiger partial charge in [-0.15, -0.1) is 0 Å². The Balaban J connectivity index is 1.90. The number of nitrogens with one attached hydrogen (secondary N) is 1. The smallest absolute Gasteiger partial charge is 0.153 e. The van der Waals surface area contributed by atoms with E-state index in [-0.39, 0.29) is 24.5 Å². The average molecular weight is 308 g/mol. The second kappa shape index (κ2) is 5.36. The van der Waals surface area contributed by atoms with Gasteiger partial charge in [0.1, 0.15) is 5.82 Å². The molecule has 1 saturated heterocycles. The van der Waals surface area contributed by atoms with Crippen LogP contribution in [-0.4, -0.2) is 37.2 Å². The zero-order valence-electron chi connectivity index (χ0n) is 10.2. The maximum absolute atomic E-state index is 12.9. The van der Waals surface area contributed by atoms with Crippen LogP contribution >= 0.6 is 11.6 Å². The fraction of sp³-hybridized carbons (Fsp3) is 0.500. The van der Waals surface area contributed by atoms with Crippen molar-refractivity contribution >= 4 is 21.4 Å². The van der Waals surface area contributed by atoms with Gasteiger partial charge < -0.3 is 10.4 Å². The molecule has 2 N–H and O–H groups in total. The molecule has 2 rings (SSSR count). The highest BCUT2D eigenvalue weighted by Gasteiger charge is 2.40. The molecule has 7 heteroatoms. The molecule has 1 fully saturated rings. The summed E-state index contributed by atoms with van der Waals surface area (Å²) in [6.45, 7) is 0.515. The minimum Gasteiger partial charge on any atom is -0.387 e. The van der Waals surface area contributed by atoms with Gasteiger partial charge in [0.05, 0.1) is 17.1 Å². The van der Waals surface area contributed by atoms with E-state index in [0.29, 0.717) is 17.1 Å². The van der Waals surface area contributed by atoms with Crippen LogP contribution in [0.5, 0.6) is 0 Å². The van der Waals surface area contributed by atoms with Gasteiger partial charge in [-0.1, -0.05) is 17.7 Å². The third kappa shape index (κ3) is 3.89. The Kier molecular flexibility index (Phi) is 4.15. The molecule has 0 spiro atoms. The van der Waals surface area contributed by atoms with Crippen LogP contribution in [-0.2, 0) is 16.4 Å². The van der Waals surface area contributed by atoms with Crippen molar-refractivity contribution in [1.29, 1.82) is 0 Å². The second-order valence-electron chi connectivity index (χ2n) is 4.91. The number of hydrogen-bond acceptors (Lipinski definition) is 4. The number of rotatable bonds is 4. The van der Waals surface area contributed by atoms with Crippen LogP contribution in [0.25, 0.3) is 0 Å². The van der Waals surface area contributed by atoms with E-state index < -0.39 is 21.3 Å². The van der Waals surface area contributed by atoms with Gasteiger partial charge in [0.15, 0.2) is 9.84 Å². The molecule has 1 aliphatic heterocycles. The fourth-order valence-corrected chi connectivity index (χ4v) is 4.27. The van der Waals surface area contributed by atoms with Crippen molar-refractivity contribution in [2.75, 3.05) is 18.1 Å². The highest BCUT2D eigenvalue weighted by molar-refractivity contribution is 7.91. The highest BCUT2D eigenvalue weighted by atomic mass is 35.5. The van der Waals surface area contributed by atoms with Crippen molar-refractivity contribution in [1.82, 2.24) is 5.32 Å². The Morgan fingerprint density at radius 2 is 2.21 bits per heavy atom. The minimum atomic E-state index is -3.13. The predicted octanol–water partition coefficient (Wildman–Crippen LogP) is 1.12. The summed E-state index contributed by atoms with van der Waals surface area (Å²) < 4.78 is 35.5. The molecule has 0 bridgehead atoms. The normalized spacial score (nSPS) is 25.6. The van der Waals surface area contributed by atoms with Crippen LogP contribution in [0, 0.1) is 5.82 Å². The van der Waals surface area contributed by atoms with Gasteiger partial charge in [0.2, 0.25) is 0 Å². The molecule has 1 aromatic carbocycles. The van der Waals surface area contributed by atoms with Crippen LogP contribution in [0.4, 0.5) is 4.39 Å². The van der Waals surface area contributed by atoms with Gasteiger partial charge in [-0.2, -0.15) is 0 Å². The van der Waals surface area contributed by atoms with Crippen molar-refractivity contribution in [2.45, 2.75) is 18.6 Å². The third-order valence-corrected chi connectivity index (χ3v) is 5.31. The zero-order chi connectivity index (χ0) is 14.1. The first-order chi connectivity index (χ1) is 8.80. The van der Waals surface area contributed by atoms with Crippen molar-refractivity contribution in [3.05, 3.63) is 34.6 Å². The Morgan fingerprint density at radius 1 is 1.47 bits per heavy atom. The molecule has 1 unspecified atom stereocenters. The van der Waals surface area contributed by atoms with Gasteiger partial charge in [0, 0.05) is 18.1 Å². The molecule has 0 aliphatic carbocycles. The highest BCUT2D eigenvalue weighted by Crippen LogP contribution is 2.23. The maximum Gasteiger partial charge on any atom is 0.153 e. The van der Waals surface area contributed by atoms with Gasteiger partial charge in [-0.25, -0.2) is 12.8 Å². The quantitative estimate of drug-likeness (QED) is 0.875. The molecule has 0 aromatic heterocycles. The van der Waals surface area contributed by atoms with E-state index in [1.54, 1.807) is 6.07 Å². The molecule has 1 aliphatic rings. The van der Waals surface area contributed by atoms with Crippen LogP contribution in [0.3, 0.4) is 0 Å². The van der Waals surface area contributed by atoms with Gasteiger partial charge in [-0.3, -0.25) is 0 Å². The summed E-state index contributed by atoms with van der Waals surface area (Å²) in [5.41, 5.74) is -0.516. The summed E-state index contributed by atoms with van der Waals surface area (Å²) in [5, 5.41) is 13.3. The lowest BCUT2D eigenvalue weighted by molar-refractivity contribution is 0.0670. The second-order valence-corrected chi connectivity index (χ2v) is 7.50. The SMILES string of the molecule is O=S1(=O)CCC(O)(CNCc2ccc(F)cc2Cl)C1. The molecule has 1 aromatic rings. The average Bonchev–Trinajstić information content (AvgIpc) is 2.57. The van der Waals surface area contributed by atoms with E-state index in [9.17, 15) is 17.9 Å². The number of aliphatic hydroxyl groups is 1. The first-order valence-electron chi connectivity index (χ1n) is 5.87. The summed E-state index contributed by atoms with van der Waals surface area (Å²) >= 11 is 5.87. The fourth-order valence-electron chi connectivity index (χ4n) is 2.13. The summed E-state index contributed by atoms with van der Waals surface area (Å²) in [5.74, 6) is -0.610. The zero-order valence-corrected chi connectivity index (χ0v) is 11.8. The van der Waals surface area contributed by atoms with Gasteiger partial charge >= 0.3 is 0 Å². The molecule has 4 nitrogen and oxygen atoms in total. The Labute approximate surface area is 116 Å². The Bertz CT molecular complexity index is 578. The summed E-state index contributed by atoms with van der Waals surface area (Å²) in [6, 6.07) is 4.07. The summed E-state index contributed by atoms with van der Waals surface area (Å²) in [7, 11) is -3.13. The third-order valence-electron chi connectivity index (χ3n) is 3.15. The Morgan fingerprint density at radius 3 is 2.79 bits per heavy atom. The minimum absolute atomic E-state index is 0.0164. The largest absolute Gasteiger partial charge is 0.387 e. The van der Waals surface area contributed by atoms with Crippen LogP contribution in [0.1, 0.15) is 12.0 Å². The number of sulfone groups is 1. The van der Waals surface area contributed by atoms with E-state index in [2.05, 4.69) is 5.32 Å². The maximum atomic E-state index is 12.9. The lowest BCUT2D eigenvalue weighted by Crippen LogP contribution is -2.41. The number of benzene rings is 1. The van der Waals surface area contributed by atoms with Gasteiger partial charge in [-0.05, 0) is 24.1 Å². The molecule has 106 valence electrons. The van der Waals surface area contributed by atoms with Crippen molar-refractivity contribution < 1.29 is 17.9 Å². The molecule has 19 heavy (non-hydrogen) atoms. The van der Waals surface area contributed by atoms with E-state index >= 15 is 0 Å². The van der Waals surface area contributed by atoms with E-state index in [1.165, 1.54) is 12.1 Å². The van der Waals surface area contributed by atoms with Crippen LogP contribution in [0.2, 0.25) is 5.02 Å². The molecule has 1 atom stereocenters. The molecule has 1 heterocycles. The van der Waals surface area contributed by atoms with Crippen LogP contribution < -0.4 is 5.32 Å². The monoisotopic (exact) mass is 307 g/mol. The molecular formula is C12H15ClFNO3S. The summed E-state index contributed by atoms with van der Waals surface area (Å²) in [4.78, 5) is 0. The van der Waals surface area contributed by atoms with Crippen molar-refractivity contribution in [3.63, 3.8) is 0 Å². The van der Waals surface area contributed by atoms with E-state index in [4.69, 9.17) is 11.6 Å². The summed E-state index contributed by atoms with van der Waals surface area (Å²) in [6.07, 6.45) is 0.236. The first-order valence-corrected chi connectivity index (χ1v) is 8.07.